The summed E-state index contributed by atoms with van der Waals surface area (Å²) in [4.78, 5) is 28.0. The van der Waals surface area contributed by atoms with Crippen LogP contribution in [-0.2, 0) is 4.79 Å². The Morgan fingerprint density at radius 1 is 1.14 bits per heavy atom. The molecule has 0 radical (unpaired) electrons. The first-order valence-corrected chi connectivity index (χ1v) is 8.71. The molecule has 2 amide bonds. The minimum atomic E-state index is -0.205. The van der Waals surface area contributed by atoms with Crippen molar-refractivity contribution in [3.8, 4) is 0 Å². The van der Waals surface area contributed by atoms with Crippen LogP contribution in [0.15, 0.2) is 18.2 Å². The Balaban J connectivity index is 1.85. The van der Waals surface area contributed by atoms with Gasteiger partial charge in [-0.25, -0.2) is 0 Å². The van der Waals surface area contributed by atoms with Crippen molar-refractivity contribution in [1.82, 2.24) is 10.6 Å². The molecule has 1 atom stereocenters. The fourth-order valence-electron chi connectivity index (χ4n) is 2.25. The number of hydrogen-bond donors (Lipinski definition) is 2. The smallest absolute Gasteiger partial charge is 0.261 e. The summed E-state index contributed by atoms with van der Waals surface area (Å²) in [6.45, 7) is 8.00. The molecule has 2 aromatic heterocycles. The molecule has 2 heterocycles. The quantitative estimate of drug-likeness (QED) is 0.880. The molecule has 2 aromatic rings. The summed E-state index contributed by atoms with van der Waals surface area (Å²) in [5, 5.41) is 5.57. The second-order valence-electron chi connectivity index (χ2n) is 5.25. The van der Waals surface area contributed by atoms with Crippen LogP contribution < -0.4 is 10.6 Å². The summed E-state index contributed by atoms with van der Waals surface area (Å²) in [7, 11) is 0. The van der Waals surface area contributed by atoms with Gasteiger partial charge in [-0.1, -0.05) is 0 Å². The van der Waals surface area contributed by atoms with E-state index in [0.717, 1.165) is 10.4 Å². The van der Waals surface area contributed by atoms with Crippen LogP contribution in [0.25, 0.3) is 0 Å². The SMILES string of the molecule is Cc1ccc(C(=O)NCC(=O)N[C@@H](C)c2cc(C)sc2C)s1. The molecule has 2 rings (SSSR count). The van der Waals surface area contributed by atoms with Crippen LogP contribution >= 0.6 is 22.7 Å². The van der Waals surface area contributed by atoms with Gasteiger partial charge in [-0.15, -0.1) is 22.7 Å². The van der Waals surface area contributed by atoms with Crippen LogP contribution in [0.1, 0.15) is 42.8 Å². The summed E-state index contributed by atoms with van der Waals surface area (Å²) in [5.41, 5.74) is 1.14. The van der Waals surface area contributed by atoms with Crippen LogP contribution in [0.4, 0.5) is 0 Å². The predicted molar refractivity (Wildman–Crippen MR) is 91.7 cm³/mol. The lowest BCUT2D eigenvalue weighted by molar-refractivity contribution is -0.120. The van der Waals surface area contributed by atoms with Gasteiger partial charge in [0.25, 0.3) is 5.91 Å². The Hall–Kier alpha value is -1.66. The molecule has 6 heteroatoms. The second-order valence-corrected chi connectivity index (χ2v) is 8.00. The Bertz CT molecular complexity index is 688. The van der Waals surface area contributed by atoms with Gasteiger partial charge in [0.05, 0.1) is 17.5 Å². The number of nitrogens with one attached hydrogen (secondary N) is 2. The van der Waals surface area contributed by atoms with Crippen molar-refractivity contribution >= 4 is 34.5 Å². The van der Waals surface area contributed by atoms with E-state index in [1.165, 1.54) is 21.1 Å². The van der Waals surface area contributed by atoms with E-state index in [1.807, 2.05) is 19.9 Å². The molecular formula is C16H20N2O2S2. The molecule has 118 valence electrons. The third-order valence-electron chi connectivity index (χ3n) is 3.30. The van der Waals surface area contributed by atoms with E-state index in [0.29, 0.717) is 4.88 Å². The molecule has 0 aliphatic carbocycles. The molecule has 0 saturated heterocycles. The van der Waals surface area contributed by atoms with Crippen molar-refractivity contribution in [2.45, 2.75) is 33.7 Å². The highest BCUT2D eigenvalue weighted by Crippen LogP contribution is 2.25. The summed E-state index contributed by atoms with van der Waals surface area (Å²) in [5.74, 6) is -0.388. The molecule has 0 fully saturated rings. The third-order valence-corrected chi connectivity index (χ3v) is 5.28. The number of thiophene rings is 2. The zero-order valence-electron chi connectivity index (χ0n) is 13.1. The molecule has 0 aliphatic rings. The van der Waals surface area contributed by atoms with Crippen LogP contribution in [0.2, 0.25) is 0 Å². The molecule has 0 bridgehead atoms. The highest BCUT2D eigenvalue weighted by molar-refractivity contribution is 7.14. The van der Waals surface area contributed by atoms with Crippen molar-refractivity contribution in [2.24, 2.45) is 0 Å². The van der Waals surface area contributed by atoms with E-state index in [2.05, 4.69) is 30.5 Å². The van der Waals surface area contributed by atoms with Gasteiger partial charge in [-0.3, -0.25) is 9.59 Å². The molecular weight excluding hydrogens is 316 g/mol. The standard InChI is InChI=1S/C16H20N2O2S2/c1-9-5-6-14(22-9)16(20)17-8-15(19)18-11(3)13-7-10(2)21-12(13)4/h5-7,11H,8H2,1-4H3,(H,17,20)(H,18,19)/t11-/m0/s1. The van der Waals surface area contributed by atoms with Crippen molar-refractivity contribution in [2.75, 3.05) is 6.54 Å². The fourth-order valence-corrected chi connectivity index (χ4v) is 4.06. The zero-order valence-corrected chi connectivity index (χ0v) is 14.8. The maximum Gasteiger partial charge on any atom is 0.261 e. The van der Waals surface area contributed by atoms with Crippen molar-refractivity contribution in [3.05, 3.63) is 43.3 Å². The van der Waals surface area contributed by atoms with Gasteiger partial charge in [0.15, 0.2) is 0 Å². The fraction of sp³-hybridized carbons (Fsp3) is 0.375. The maximum absolute atomic E-state index is 12.0. The van der Waals surface area contributed by atoms with Crippen molar-refractivity contribution in [3.63, 3.8) is 0 Å². The number of amides is 2. The van der Waals surface area contributed by atoms with Crippen LogP contribution in [-0.4, -0.2) is 18.4 Å². The van der Waals surface area contributed by atoms with Gasteiger partial charge in [-0.05, 0) is 51.5 Å². The molecule has 0 saturated carbocycles. The monoisotopic (exact) mass is 336 g/mol. The molecule has 0 spiro atoms. The largest absolute Gasteiger partial charge is 0.348 e. The number of rotatable bonds is 5. The van der Waals surface area contributed by atoms with E-state index in [4.69, 9.17) is 0 Å². The average molecular weight is 336 g/mol. The van der Waals surface area contributed by atoms with Gasteiger partial charge in [0, 0.05) is 14.6 Å². The zero-order chi connectivity index (χ0) is 16.3. The van der Waals surface area contributed by atoms with Gasteiger partial charge in [-0.2, -0.15) is 0 Å². The Morgan fingerprint density at radius 3 is 2.41 bits per heavy atom. The summed E-state index contributed by atoms with van der Waals surface area (Å²) in [6, 6.07) is 5.70. The molecule has 2 N–H and O–H groups in total. The van der Waals surface area contributed by atoms with Gasteiger partial charge >= 0.3 is 0 Å². The van der Waals surface area contributed by atoms with Crippen molar-refractivity contribution in [1.29, 1.82) is 0 Å². The van der Waals surface area contributed by atoms with Gasteiger partial charge in [0.2, 0.25) is 5.91 Å². The lowest BCUT2D eigenvalue weighted by atomic mass is 10.1. The second kappa shape index (κ2) is 7.07. The van der Waals surface area contributed by atoms with E-state index in [-0.39, 0.29) is 24.4 Å². The first-order valence-electron chi connectivity index (χ1n) is 7.07. The minimum absolute atomic E-state index is 0.0116. The highest BCUT2D eigenvalue weighted by atomic mass is 32.1. The molecule has 4 nitrogen and oxygen atoms in total. The first kappa shape index (κ1) is 16.7. The van der Waals surface area contributed by atoms with Crippen LogP contribution in [0.3, 0.4) is 0 Å². The van der Waals surface area contributed by atoms with E-state index < -0.39 is 0 Å². The normalized spacial score (nSPS) is 12.0. The predicted octanol–water partition coefficient (Wildman–Crippen LogP) is 3.34. The van der Waals surface area contributed by atoms with E-state index in [1.54, 1.807) is 17.4 Å². The Morgan fingerprint density at radius 2 is 1.86 bits per heavy atom. The summed E-state index contributed by atoms with van der Waals surface area (Å²) < 4.78 is 0. The molecule has 0 unspecified atom stereocenters. The highest BCUT2D eigenvalue weighted by Gasteiger charge is 2.15. The van der Waals surface area contributed by atoms with E-state index in [9.17, 15) is 9.59 Å². The van der Waals surface area contributed by atoms with Crippen LogP contribution in [0, 0.1) is 20.8 Å². The van der Waals surface area contributed by atoms with Gasteiger partial charge < -0.3 is 10.6 Å². The molecule has 0 aromatic carbocycles. The first-order chi connectivity index (χ1) is 10.4. The maximum atomic E-state index is 12.0. The lowest BCUT2D eigenvalue weighted by Gasteiger charge is -2.14. The number of carbonyl (C=O) groups is 2. The number of aryl methyl sites for hydroxylation is 3. The number of hydrogen-bond acceptors (Lipinski definition) is 4. The van der Waals surface area contributed by atoms with E-state index >= 15 is 0 Å². The Kier molecular flexibility index (Phi) is 5.37. The van der Waals surface area contributed by atoms with Gasteiger partial charge in [0.1, 0.15) is 0 Å². The minimum Gasteiger partial charge on any atom is -0.348 e. The Labute approximate surface area is 138 Å². The third kappa shape index (κ3) is 4.18. The number of carbonyl (C=O) groups excluding carboxylic acids is 2. The average Bonchev–Trinajstić information content (AvgIpc) is 3.01. The lowest BCUT2D eigenvalue weighted by Crippen LogP contribution is -2.37. The van der Waals surface area contributed by atoms with Crippen molar-refractivity contribution < 1.29 is 9.59 Å². The summed E-state index contributed by atoms with van der Waals surface area (Å²) >= 11 is 3.14. The molecule has 22 heavy (non-hydrogen) atoms. The topological polar surface area (TPSA) is 58.2 Å². The van der Waals surface area contributed by atoms with Crippen LogP contribution in [0.5, 0.6) is 0 Å². The molecule has 0 aliphatic heterocycles. The summed E-state index contributed by atoms with van der Waals surface area (Å²) in [6.07, 6.45) is 0.